The first-order valence-corrected chi connectivity index (χ1v) is 11.0. The third-order valence-corrected chi connectivity index (χ3v) is 9.63. The Morgan fingerprint density at radius 1 is 1.14 bits per heavy atom. The molecule has 1 unspecified atom stereocenters. The van der Waals surface area contributed by atoms with Crippen molar-refractivity contribution in [3.8, 4) is 5.75 Å². The van der Waals surface area contributed by atoms with E-state index in [-0.39, 0.29) is 11.1 Å². The molecule has 1 aliphatic rings. The largest absolute Gasteiger partial charge is 0.487 e. The molecule has 3 heteroatoms. The van der Waals surface area contributed by atoms with Crippen LogP contribution in [-0.4, -0.2) is 21.0 Å². The van der Waals surface area contributed by atoms with Gasteiger partial charge >= 0.3 is 0 Å². The van der Waals surface area contributed by atoms with E-state index in [1.54, 1.807) is 0 Å². The van der Waals surface area contributed by atoms with Crippen molar-refractivity contribution in [2.75, 3.05) is 6.61 Å². The molecule has 0 bridgehead atoms. The molecule has 3 rings (SSSR count). The smallest absolute Gasteiger partial charge is 0.192 e. The zero-order valence-corrected chi connectivity index (χ0v) is 15.3. The SMILES string of the molecule is CC(C)(C)[Si](C)(C)OCC1Cc2ccc3ccccc3c2O1. The van der Waals surface area contributed by atoms with Crippen LogP contribution in [-0.2, 0) is 10.8 Å². The summed E-state index contributed by atoms with van der Waals surface area (Å²) in [4.78, 5) is 0. The van der Waals surface area contributed by atoms with Crippen molar-refractivity contribution in [2.45, 2.75) is 51.4 Å². The van der Waals surface area contributed by atoms with E-state index in [9.17, 15) is 0 Å². The quantitative estimate of drug-likeness (QED) is 0.728. The summed E-state index contributed by atoms with van der Waals surface area (Å²) < 4.78 is 12.6. The molecule has 1 atom stereocenters. The predicted molar refractivity (Wildman–Crippen MR) is 95.2 cm³/mol. The maximum absolute atomic E-state index is 6.34. The van der Waals surface area contributed by atoms with Gasteiger partial charge in [-0.15, -0.1) is 0 Å². The number of ether oxygens (including phenoxy) is 1. The van der Waals surface area contributed by atoms with E-state index in [2.05, 4.69) is 70.3 Å². The minimum atomic E-state index is -1.71. The van der Waals surface area contributed by atoms with Crippen molar-refractivity contribution in [1.82, 2.24) is 0 Å². The second kappa shape index (κ2) is 5.39. The van der Waals surface area contributed by atoms with Crippen molar-refractivity contribution in [1.29, 1.82) is 0 Å². The van der Waals surface area contributed by atoms with Crippen molar-refractivity contribution in [3.05, 3.63) is 42.0 Å². The van der Waals surface area contributed by atoms with E-state index in [0.29, 0.717) is 6.61 Å². The lowest BCUT2D eigenvalue weighted by Crippen LogP contribution is -2.43. The molecular weight excluding hydrogens is 288 g/mol. The first kappa shape index (κ1) is 15.6. The Kier molecular flexibility index (Phi) is 3.82. The number of rotatable bonds is 3. The van der Waals surface area contributed by atoms with E-state index < -0.39 is 8.32 Å². The van der Waals surface area contributed by atoms with Crippen LogP contribution in [0.1, 0.15) is 26.3 Å². The van der Waals surface area contributed by atoms with Gasteiger partial charge in [-0.25, -0.2) is 0 Å². The van der Waals surface area contributed by atoms with Crippen LogP contribution in [0, 0.1) is 0 Å². The van der Waals surface area contributed by atoms with E-state index in [4.69, 9.17) is 9.16 Å². The molecule has 0 aliphatic carbocycles. The normalized spacial score (nSPS) is 18.3. The molecule has 0 saturated heterocycles. The highest BCUT2D eigenvalue weighted by Crippen LogP contribution is 2.39. The first-order chi connectivity index (χ1) is 10.3. The Labute approximate surface area is 134 Å². The third-order valence-electron chi connectivity index (χ3n) is 5.13. The third kappa shape index (κ3) is 2.80. The van der Waals surface area contributed by atoms with Crippen LogP contribution in [0.25, 0.3) is 10.8 Å². The Bertz CT molecular complexity index is 685. The van der Waals surface area contributed by atoms with Crippen molar-refractivity contribution >= 4 is 19.1 Å². The summed E-state index contributed by atoms with van der Waals surface area (Å²) in [5.74, 6) is 1.06. The highest BCUT2D eigenvalue weighted by molar-refractivity contribution is 6.74. The summed E-state index contributed by atoms with van der Waals surface area (Å²) in [6, 6.07) is 12.8. The monoisotopic (exact) mass is 314 g/mol. The Balaban J connectivity index is 1.74. The fraction of sp³-hybridized carbons (Fsp3) is 0.474. The minimum Gasteiger partial charge on any atom is -0.487 e. The summed E-state index contributed by atoms with van der Waals surface area (Å²) >= 11 is 0. The standard InChI is InChI=1S/C19H26O2Si/c1-19(2,3)22(4,5)20-13-16-12-15-11-10-14-8-6-7-9-17(14)18(15)21-16/h6-11,16H,12-13H2,1-5H3. The van der Waals surface area contributed by atoms with Crippen LogP contribution in [0.4, 0.5) is 0 Å². The van der Waals surface area contributed by atoms with Crippen LogP contribution < -0.4 is 4.74 Å². The van der Waals surface area contributed by atoms with E-state index >= 15 is 0 Å². The molecule has 0 amide bonds. The molecule has 1 aliphatic heterocycles. The summed E-state index contributed by atoms with van der Waals surface area (Å²) in [6.45, 7) is 12.1. The van der Waals surface area contributed by atoms with Gasteiger partial charge in [0.05, 0.1) is 6.61 Å². The van der Waals surface area contributed by atoms with Gasteiger partial charge in [-0.3, -0.25) is 0 Å². The van der Waals surface area contributed by atoms with Crippen LogP contribution in [0.15, 0.2) is 36.4 Å². The minimum absolute atomic E-state index is 0.148. The summed E-state index contributed by atoms with van der Waals surface area (Å²) in [5, 5.41) is 2.70. The zero-order valence-electron chi connectivity index (χ0n) is 14.3. The van der Waals surface area contributed by atoms with Gasteiger partial charge in [0.1, 0.15) is 11.9 Å². The Morgan fingerprint density at radius 2 is 1.86 bits per heavy atom. The molecule has 2 aromatic carbocycles. The Morgan fingerprint density at radius 3 is 2.59 bits per heavy atom. The molecule has 0 aromatic heterocycles. The predicted octanol–water partition coefficient (Wildman–Crippen LogP) is 5.17. The van der Waals surface area contributed by atoms with E-state index in [0.717, 1.165) is 12.2 Å². The second-order valence-corrected chi connectivity index (χ2v) is 12.6. The van der Waals surface area contributed by atoms with Gasteiger partial charge in [-0.05, 0) is 29.1 Å². The number of fused-ring (bicyclic) bond motifs is 3. The molecular formula is C19H26O2Si. The van der Waals surface area contributed by atoms with Crippen LogP contribution in [0.5, 0.6) is 5.75 Å². The molecule has 2 nitrogen and oxygen atoms in total. The average molecular weight is 315 g/mol. The van der Waals surface area contributed by atoms with Crippen LogP contribution in [0.2, 0.25) is 18.1 Å². The lowest BCUT2D eigenvalue weighted by Gasteiger charge is -2.36. The summed E-state index contributed by atoms with van der Waals surface area (Å²) in [5.41, 5.74) is 1.31. The highest BCUT2D eigenvalue weighted by Gasteiger charge is 2.38. The van der Waals surface area contributed by atoms with Gasteiger partial charge in [0.15, 0.2) is 8.32 Å². The van der Waals surface area contributed by atoms with Crippen molar-refractivity contribution in [3.63, 3.8) is 0 Å². The van der Waals surface area contributed by atoms with Crippen molar-refractivity contribution in [2.24, 2.45) is 0 Å². The fourth-order valence-corrected chi connectivity index (χ4v) is 3.69. The molecule has 118 valence electrons. The molecule has 1 heterocycles. The highest BCUT2D eigenvalue weighted by atomic mass is 28.4. The zero-order chi connectivity index (χ0) is 16.0. The molecule has 0 saturated carbocycles. The average Bonchev–Trinajstić information content (AvgIpc) is 2.87. The molecule has 0 N–H and O–H groups in total. The maximum atomic E-state index is 6.34. The first-order valence-electron chi connectivity index (χ1n) is 8.09. The van der Waals surface area contributed by atoms with Gasteiger partial charge in [-0.2, -0.15) is 0 Å². The molecule has 2 aromatic rings. The van der Waals surface area contributed by atoms with Crippen LogP contribution >= 0.6 is 0 Å². The molecule has 0 spiro atoms. The Hall–Kier alpha value is -1.32. The van der Waals surface area contributed by atoms with Gasteiger partial charge < -0.3 is 9.16 Å². The van der Waals surface area contributed by atoms with Gasteiger partial charge in [0.2, 0.25) is 0 Å². The van der Waals surface area contributed by atoms with Gasteiger partial charge in [0.25, 0.3) is 0 Å². The van der Waals surface area contributed by atoms with Gasteiger partial charge in [0, 0.05) is 11.8 Å². The molecule has 0 radical (unpaired) electrons. The van der Waals surface area contributed by atoms with Crippen LogP contribution in [0.3, 0.4) is 0 Å². The van der Waals surface area contributed by atoms with Crippen molar-refractivity contribution < 1.29 is 9.16 Å². The number of hydrogen-bond donors (Lipinski definition) is 0. The molecule has 0 fully saturated rings. The summed E-state index contributed by atoms with van der Waals surface area (Å²) in [6.07, 6.45) is 1.10. The number of benzene rings is 2. The van der Waals surface area contributed by atoms with E-state index in [1.165, 1.54) is 16.3 Å². The topological polar surface area (TPSA) is 18.5 Å². The van der Waals surface area contributed by atoms with Gasteiger partial charge in [-0.1, -0.05) is 57.2 Å². The maximum Gasteiger partial charge on any atom is 0.192 e. The lowest BCUT2D eigenvalue weighted by atomic mass is 10.0. The fourth-order valence-electron chi connectivity index (χ4n) is 2.65. The lowest BCUT2D eigenvalue weighted by molar-refractivity contribution is 0.140. The second-order valence-electron chi connectivity index (χ2n) is 7.79. The summed E-state index contributed by atoms with van der Waals surface area (Å²) in [7, 11) is -1.71. The number of hydrogen-bond acceptors (Lipinski definition) is 2. The molecule has 22 heavy (non-hydrogen) atoms. The van der Waals surface area contributed by atoms with E-state index in [1.807, 2.05) is 0 Å².